The average Bonchev–Trinajstić information content (AvgIpc) is 2.92. The molecular weight excluding hydrogens is 551 g/mol. The number of hydrogen-bond donors (Lipinski definition) is 2. The molecule has 0 saturated carbocycles. The van der Waals surface area contributed by atoms with E-state index in [1.807, 2.05) is 27.2 Å². The molecule has 42 heavy (non-hydrogen) atoms. The maximum Gasteiger partial charge on any atom is 0.268 e. The summed E-state index contributed by atoms with van der Waals surface area (Å²) < 4.78 is 22.8. The van der Waals surface area contributed by atoms with Crippen molar-refractivity contribution in [2.75, 3.05) is 40.9 Å². The number of allylic oxidation sites excluding steroid dienone is 5. The Hall–Kier alpha value is -1.28. The number of phosphoric ester groups is 1. The number of nitrogens with one attached hydrogen (secondary N) is 1. The predicted molar refractivity (Wildman–Crippen MR) is 173 cm³/mol. The minimum Gasteiger partial charge on any atom is -0.756 e. The lowest BCUT2D eigenvalue weighted by molar-refractivity contribution is -0.870. The van der Waals surface area contributed by atoms with Gasteiger partial charge in [-0.15, -0.1) is 0 Å². The number of carbonyl (C=O) groups excluding carboxylic acids is 1. The van der Waals surface area contributed by atoms with E-state index < -0.39 is 26.6 Å². The van der Waals surface area contributed by atoms with Gasteiger partial charge in [0.1, 0.15) is 13.2 Å². The Labute approximate surface area is 257 Å². The number of phosphoric acid groups is 1. The molecule has 0 aromatic heterocycles. The molecule has 2 N–H and O–H groups in total. The second kappa shape index (κ2) is 26.2. The molecule has 0 aliphatic rings. The summed E-state index contributed by atoms with van der Waals surface area (Å²) in [5, 5.41) is 13.5. The van der Waals surface area contributed by atoms with Gasteiger partial charge in [0, 0.05) is 6.42 Å². The second-order valence-corrected chi connectivity index (χ2v) is 13.6. The summed E-state index contributed by atoms with van der Waals surface area (Å²) in [5.74, 6) is -0.234. The van der Waals surface area contributed by atoms with Crippen molar-refractivity contribution in [3.63, 3.8) is 0 Å². The van der Waals surface area contributed by atoms with Crippen LogP contribution in [-0.2, 0) is 18.4 Å². The van der Waals surface area contributed by atoms with E-state index in [0.717, 1.165) is 51.4 Å². The van der Waals surface area contributed by atoms with Crippen LogP contribution < -0.4 is 10.2 Å². The molecule has 0 radical (unpaired) electrons. The zero-order valence-corrected chi connectivity index (χ0v) is 28.3. The van der Waals surface area contributed by atoms with Crippen molar-refractivity contribution < 1.29 is 32.9 Å². The van der Waals surface area contributed by atoms with E-state index >= 15 is 0 Å². The lowest BCUT2D eigenvalue weighted by atomic mass is 10.1. The number of aliphatic hydroxyl groups is 1. The number of likely N-dealkylation sites (N-methyl/N-ethyl adjacent to an activating group) is 1. The quantitative estimate of drug-likeness (QED) is 0.0426. The van der Waals surface area contributed by atoms with Gasteiger partial charge in [-0.3, -0.25) is 9.36 Å². The van der Waals surface area contributed by atoms with E-state index in [1.165, 1.54) is 44.9 Å². The van der Waals surface area contributed by atoms with Crippen LogP contribution in [-0.4, -0.2) is 68.5 Å². The number of rotatable bonds is 28. The Morgan fingerprint density at radius 1 is 0.810 bits per heavy atom. The fourth-order valence-corrected chi connectivity index (χ4v) is 4.84. The van der Waals surface area contributed by atoms with Gasteiger partial charge in [-0.05, 0) is 44.9 Å². The van der Waals surface area contributed by atoms with Gasteiger partial charge in [-0.2, -0.15) is 0 Å². The van der Waals surface area contributed by atoms with Gasteiger partial charge >= 0.3 is 0 Å². The van der Waals surface area contributed by atoms with Gasteiger partial charge in [0.25, 0.3) is 7.82 Å². The SMILES string of the molecule is CCCCCCCC/C=C/CC/C=C/CC/C=C/C(O)C(COP(=O)([O-])OCC[N+](C)(C)C)NC(=O)CCCCCC. The second-order valence-electron chi connectivity index (χ2n) is 12.1. The summed E-state index contributed by atoms with van der Waals surface area (Å²) in [6, 6.07) is -0.900. The summed E-state index contributed by atoms with van der Waals surface area (Å²) >= 11 is 0. The highest BCUT2D eigenvalue weighted by Crippen LogP contribution is 2.38. The van der Waals surface area contributed by atoms with E-state index in [-0.39, 0.29) is 12.5 Å². The van der Waals surface area contributed by atoms with Gasteiger partial charge < -0.3 is 28.8 Å². The molecular formula is C33H63N2O6P. The molecule has 0 rings (SSSR count). The number of amides is 1. The number of aliphatic hydroxyl groups excluding tert-OH is 1. The summed E-state index contributed by atoms with van der Waals surface area (Å²) in [5.41, 5.74) is 0. The van der Waals surface area contributed by atoms with Crippen molar-refractivity contribution in [2.45, 2.75) is 129 Å². The van der Waals surface area contributed by atoms with Crippen LogP contribution in [0.15, 0.2) is 36.5 Å². The third-order valence-electron chi connectivity index (χ3n) is 6.83. The van der Waals surface area contributed by atoms with Crippen LogP contribution >= 0.6 is 7.82 Å². The molecule has 0 aliphatic carbocycles. The number of carbonyl (C=O) groups is 1. The standard InChI is InChI=1S/C33H63N2O6P/c1-6-8-10-12-13-14-15-16-17-18-19-20-21-22-23-24-26-32(36)31(34-33(37)27-25-11-9-7-2)30-41-42(38,39)40-29-28-35(3,4)5/h16-17,20-21,24,26,31-32,36H,6-15,18-19,22-23,25,27-30H2,1-5H3,(H-,34,37,38,39)/b17-16+,21-20+,26-24+. The van der Waals surface area contributed by atoms with Crippen molar-refractivity contribution in [1.82, 2.24) is 5.32 Å². The summed E-state index contributed by atoms with van der Waals surface area (Å²) in [7, 11) is 1.22. The van der Waals surface area contributed by atoms with Gasteiger partial charge in [0.15, 0.2) is 0 Å². The van der Waals surface area contributed by atoms with Gasteiger partial charge in [-0.25, -0.2) is 0 Å². The maximum atomic E-state index is 12.5. The fraction of sp³-hybridized carbons (Fsp3) is 0.788. The Bertz CT molecular complexity index is 794. The van der Waals surface area contributed by atoms with Crippen molar-refractivity contribution in [1.29, 1.82) is 0 Å². The topological polar surface area (TPSA) is 108 Å². The highest BCUT2D eigenvalue weighted by Gasteiger charge is 2.23. The largest absolute Gasteiger partial charge is 0.756 e. The van der Waals surface area contributed by atoms with Gasteiger partial charge in [0.2, 0.25) is 5.91 Å². The molecule has 0 aromatic rings. The third-order valence-corrected chi connectivity index (χ3v) is 7.79. The number of quaternary nitrogens is 1. The first kappa shape index (κ1) is 40.7. The Balaban J connectivity index is 4.56. The molecule has 1 amide bonds. The number of nitrogens with zero attached hydrogens (tertiary/aromatic N) is 1. The summed E-state index contributed by atoms with van der Waals surface area (Å²) in [6.07, 6.45) is 28.2. The molecule has 3 atom stereocenters. The van der Waals surface area contributed by atoms with Crippen LogP contribution in [0.1, 0.15) is 117 Å². The Morgan fingerprint density at radius 2 is 1.33 bits per heavy atom. The zero-order chi connectivity index (χ0) is 31.5. The molecule has 8 nitrogen and oxygen atoms in total. The van der Waals surface area contributed by atoms with E-state index in [0.29, 0.717) is 17.4 Å². The minimum absolute atomic E-state index is 0.00973. The molecule has 0 spiro atoms. The highest BCUT2D eigenvalue weighted by atomic mass is 31.2. The Morgan fingerprint density at radius 3 is 1.93 bits per heavy atom. The van der Waals surface area contributed by atoms with Crippen LogP contribution in [0.3, 0.4) is 0 Å². The lowest BCUT2D eigenvalue weighted by Crippen LogP contribution is -2.45. The monoisotopic (exact) mass is 614 g/mol. The smallest absolute Gasteiger partial charge is 0.268 e. The summed E-state index contributed by atoms with van der Waals surface area (Å²) in [4.78, 5) is 24.7. The zero-order valence-electron chi connectivity index (χ0n) is 27.4. The van der Waals surface area contributed by atoms with Crippen LogP contribution in [0, 0.1) is 0 Å². The number of hydrogen-bond acceptors (Lipinski definition) is 6. The van der Waals surface area contributed by atoms with E-state index in [1.54, 1.807) is 6.08 Å². The van der Waals surface area contributed by atoms with E-state index in [2.05, 4.69) is 43.5 Å². The first-order chi connectivity index (χ1) is 20.0. The minimum atomic E-state index is -4.57. The molecule has 246 valence electrons. The lowest BCUT2D eigenvalue weighted by Gasteiger charge is -2.29. The highest BCUT2D eigenvalue weighted by molar-refractivity contribution is 7.45. The Kier molecular flexibility index (Phi) is 25.4. The molecule has 9 heteroatoms. The van der Waals surface area contributed by atoms with Crippen molar-refractivity contribution in [3.05, 3.63) is 36.5 Å². The van der Waals surface area contributed by atoms with Gasteiger partial charge in [0.05, 0.1) is 39.9 Å². The molecule has 3 unspecified atom stereocenters. The first-order valence-corrected chi connectivity index (χ1v) is 17.8. The fourth-order valence-electron chi connectivity index (χ4n) is 4.12. The molecule has 0 saturated heterocycles. The van der Waals surface area contributed by atoms with Crippen molar-refractivity contribution in [2.24, 2.45) is 0 Å². The van der Waals surface area contributed by atoms with Crippen LogP contribution in [0.25, 0.3) is 0 Å². The van der Waals surface area contributed by atoms with Gasteiger partial charge in [-0.1, -0.05) is 102 Å². The first-order valence-electron chi connectivity index (χ1n) is 16.4. The average molecular weight is 615 g/mol. The van der Waals surface area contributed by atoms with Crippen LogP contribution in [0.5, 0.6) is 0 Å². The van der Waals surface area contributed by atoms with E-state index in [4.69, 9.17) is 9.05 Å². The van der Waals surface area contributed by atoms with Crippen molar-refractivity contribution in [3.8, 4) is 0 Å². The maximum absolute atomic E-state index is 12.5. The third kappa shape index (κ3) is 27.5. The van der Waals surface area contributed by atoms with E-state index in [9.17, 15) is 19.4 Å². The molecule has 0 aliphatic heterocycles. The molecule has 0 fully saturated rings. The van der Waals surface area contributed by atoms with Crippen molar-refractivity contribution >= 4 is 13.7 Å². The molecule has 0 bridgehead atoms. The number of unbranched alkanes of at least 4 members (excludes halogenated alkanes) is 11. The molecule has 0 aromatic carbocycles. The summed E-state index contributed by atoms with van der Waals surface area (Å²) in [6.45, 7) is 4.43. The predicted octanol–water partition coefficient (Wildman–Crippen LogP) is 6.99. The normalized spacial score (nSPS) is 15.5. The molecule has 0 heterocycles. The van der Waals surface area contributed by atoms with Crippen LogP contribution in [0.2, 0.25) is 0 Å². The van der Waals surface area contributed by atoms with Crippen LogP contribution in [0.4, 0.5) is 0 Å².